The number of piperidine rings is 1. The second kappa shape index (κ2) is 7.40. The molecule has 0 unspecified atom stereocenters. The number of likely N-dealkylation sites (tertiary alicyclic amines) is 1. The van der Waals surface area contributed by atoms with Gasteiger partial charge in [0.1, 0.15) is 12.7 Å². The lowest BCUT2D eigenvalue weighted by molar-refractivity contribution is -0.144. The SMILES string of the molecule is C[C@@H]1CN(C(=O)CN2CCC[C@@H](Cn3cncn3)C2)C[C@@H](C)O1. The van der Waals surface area contributed by atoms with Crippen LogP contribution in [0.1, 0.15) is 26.7 Å². The fraction of sp³-hybridized carbons (Fsp3) is 0.812. The Morgan fingerprint density at radius 1 is 1.26 bits per heavy atom. The van der Waals surface area contributed by atoms with E-state index >= 15 is 0 Å². The first-order valence-corrected chi connectivity index (χ1v) is 8.58. The highest BCUT2D eigenvalue weighted by molar-refractivity contribution is 5.78. The van der Waals surface area contributed by atoms with Crippen LogP contribution in [0.5, 0.6) is 0 Å². The highest BCUT2D eigenvalue weighted by atomic mass is 16.5. The standard InChI is InChI=1S/C16H27N5O2/c1-13-6-20(7-14(2)23-13)16(22)10-19-5-3-4-15(8-19)9-21-12-17-11-18-21/h11-15H,3-10H2,1-2H3/t13-,14-,15-/m1/s1. The first-order chi connectivity index (χ1) is 11.1. The molecule has 23 heavy (non-hydrogen) atoms. The lowest BCUT2D eigenvalue weighted by Crippen LogP contribution is -2.52. The van der Waals surface area contributed by atoms with E-state index in [4.69, 9.17) is 4.74 Å². The van der Waals surface area contributed by atoms with E-state index in [1.807, 2.05) is 23.4 Å². The monoisotopic (exact) mass is 321 g/mol. The van der Waals surface area contributed by atoms with E-state index in [0.717, 1.165) is 26.1 Å². The number of carbonyl (C=O) groups is 1. The summed E-state index contributed by atoms with van der Waals surface area (Å²) >= 11 is 0. The van der Waals surface area contributed by atoms with Crippen LogP contribution in [0.15, 0.2) is 12.7 Å². The fourth-order valence-corrected chi connectivity index (χ4v) is 3.71. The minimum atomic E-state index is 0.129. The summed E-state index contributed by atoms with van der Waals surface area (Å²) in [6.07, 6.45) is 5.93. The van der Waals surface area contributed by atoms with Crippen molar-refractivity contribution in [2.75, 3.05) is 32.7 Å². The van der Waals surface area contributed by atoms with Crippen molar-refractivity contribution in [2.24, 2.45) is 5.92 Å². The summed E-state index contributed by atoms with van der Waals surface area (Å²) in [5.41, 5.74) is 0. The number of nitrogens with zero attached hydrogens (tertiary/aromatic N) is 5. The smallest absolute Gasteiger partial charge is 0.236 e. The third-order valence-electron chi connectivity index (χ3n) is 4.65. The molecule has 3 heterocycles. The van der Waals surface area contributed by atoms with Gasteiger partial charge < -0.3 is 9.64 Å². The average molecular weight is 321 g/mol. The second-order valence-corrected chi connectivity index (χ2v) is 6.92. The summed E-state index contributed by atoms with van der Waals surface area (Å²) in [5, 5.41) is 4.18. The number of ether oxygens (including phenoxy) is 1. The number of hydrogen-bond acceptors (Lipinski definition) is 5. The highest BCUT2D eigenvalue weighted by Gasteiger charge is 2.28. The van der Waals surface area contributed by atoms with E-state index in [1.54, 1.807) is 12.7 Å². The van der Waals surface area contributed by atoms with Crippen molar-refractivity contribution in [3.8, 4) is 0 Å². The molecular weight excluding hydrogens is 294 g/mol. The third-order valence-corrected chi connectivity index (χ3v) is 4.65. The third kappa shape index (κ3) is 4.51. The number of morpholine rings is 1. The molecule has 1 aromatic rings. The molecule has 0 aromatic carbocycles. The van der Waals surface area contributed by atoms with E-state index in [0.29, 0.717) is 25.6 Å². The quantitative estimate of drug-likeness (QED) is 0.814. The molecule has 2 aliphatic heterocycles. The predicted molar refractivity (Wildman–Crippen MR) is 85.8 cm³/mol. The van der Waals surface area contributed by atoms with Crippen molar-refractivity contribution in [3.63, 3.8) is 0 Å². The second-order valence-electron chi connectivity index (χ2n) is 6.92. The van der Waals surface area contributed by atoms with Gasteiger partial charge in [-0.05, 0) is 39.2 Å². The molecule has 0 aliphatic carbocycles. The summed E-state index contributed by atoms with van der Waals surface area (Å²) in [7, 11) is 0. The summed E-state index contributed by atoms with van der Waals surface area (Å²) in [6.45, 7) is 8.86. The molecule has 0 radical (unpaired) electrons. The van der Waals surface area contributed by atoms with E-state index in [1.165, 1.54) is 6.42 Å². The Morgan fingerprint density at radius 3 is 2.74 bits per heavy atom. The lowest BCUT2D eigenvalue weighted by Gasteiger charge is -2.38. The van der Waals surface area contributed by atoms with Gasteiger partial charge in [-0.15, -0.1) is 0 Å². The Kier molecular flexibility index (Phi) is 5.27. The van der Waals surface area contributed by atoms with Crippen molar-refractivity contribution in [1.29, 1.82) is 0 Å². The zero-order valence-electron chi connectivity index (χ0n) is 14.1. The Morgan fingerprint density at radius 2 is 2.04 bits per heavy atom. The minimum Gasteiger partial charge on any atom is -0.372 e. The molecule has 2 saturated heterocycles. The van der Waals surface area contributed by atoms with E-state index < -0.39 is 0 Å². The van der Waals surface area contributed by atoms with Gasteiger partial charge in [0.05, 0.1) is 18.8 Å². The molecule has 0 spiro atoms. The van der Waals surface area contributed by atoms with Crippen LogP contribution in [0.25, 0.3) is 0 Å². The van der Waals surface area contributed by atoms with Crippen molar-refractivity contribution < 1.29 is 9.53 Å². The van der Waals surface area contributed by atoms with Crippen molar-refractivity contribution in [2.45, 2.75) is 45.4 Å². The summed E-state index contributed by atoms with van der Waals surface area (Å²) in [6, 6.07) is 0. The predicted octanol–water partition coefficient (Wildman–Crippen LogP) is 0.626. The summed E-state index contributed by atoms with van der Waals surface area (Å²) < 4.78 is 7.60. The van der Waals surface area contributed by atoms with Crippen molar-refractivity contribution in [1.82, 2.24) is 24.6 Å². The van der Waals surface area contributed by atoms with Crippen LogP contribution < -0.4 is 0 Å². The molecule has 2 fully saturated rings. The van der Waals surface area contributed by atoms with Gasteiger partial charge in [0.15, 0.2) is 0 Å². The zero-order chi connectivity index (χ0) is 16.2. The van der Waals surface area contributed by atoms with Gasteiger partial charge in [-0.3, -0.25) is 14.4 Å². The van der Waals surface area contributed by atoms with Crippen LogP contribution in [0.3, 0.4) is 0 Å². The Balaban J connectivity index is 1.49. The first-order valence-electron chi connectivity index (χ1n) is 8.58. The molecule has 0 saturated carbocycles. The van der Waals surface area contributed by atoms with Gasteiger partial charge in [0.25, 0.3) is 0 Å². The Hall–Kier alpha value is -1.47. The summed E-state index contributed by atoms with van der Waals surface area (Å²) in [5.74, 6) is 0.772. The molecule has 0 N–H and O–H groups in total. The molecule has 128 valence electrons. The molecule has 7 heteroatoms. The Labute approximate surface area is 137 Å². The number of amides is 1. The van der Waals surface area contributed by atoms with Gasteiger partial charge in [-0.2, -0.15) is 5.10 Å². The summed E-state index contributed by atoms with van der Waals surface area (Å²) in [4.78, 5) is 20.8. The minimum absolute atomic E-state index is 0.129. The lowest BCUT2D eigenvalue weighted by atomic mass is 9.98. The number of aromatic nitrogens is 3. The van der Waals surface area contributed by atoms with Crippen molar-refractivity contribution in [3.05, 3.63) is 12.7 Å². The molecule has 7 nitrogen and oxygen atoms in total. The van der Waals surface area contributed by atoms with Crippen LogP contribution in [0.2, 0.25) is 0 Å². The molecule has 0 bridgehead atoms. The normalized spacial score (nSPS) is 29.7. The van der Waals surface area contributed by atoms with Gasteiger partial charge in [0, 0.05) is 26.2 Å². The largest absolute Gasteiger partial charge is 0.372 e. The fourth-order valence-electron chi connectivity index (χ4n) is 3.71. The van der Waals surface area contributed by atoms with E-state index in [9.17, 15) is 4.79 Å². The van der Waals surface area contributed by atoms with Gasteiger partial charge in [0.2, 0.25) is 5.91 Å². The number of hydrogen-bond donors (Lipinski definition) is 0. The number of carbonyl (C=O) groups excluding carboxylic acids is 1. The molecular formula is C16H27N5O2. The molecule has 3 rings (SSSR count). The van der Waals surface area contributed by atoms with Crippen LogP contribution in [-0.4, -0.2) is 75.4 Å². The van der Waals surface area contributed by atoms with Crippen LogP contribution in [-0.2, 0) is 16.1 Å². The van der Waals surface area contributed by atoms with Crippen LogP contribution >= 0.6 is 0 Å². The van der Waals surface area contributed by atoms with Gasteiger partial charge in [-0.25, -0.2) is 4.98 Å². The highest BCUT2D eigenvalue weighted by Crippen LogP contribution is 2.18. The molecule has 1 aromatic heterocycles. The van der Waals surface area contributed by atoms with Gasteiger partial charge in [-0.1, -0.05) is 0 Å². The number of rotatable bonds is 4. The van der Waals surface area contributed by atoms with Crippen molar-refractivity contribution >= 4 is 5.91 Å². The van der Waals surface area contributed by atoms with E-state index in [2.05, 4.69) is 15.0 Å². The molecule has 2 aliphatic rings. The maximum atomic E-state index is 12.6. The first kappa shape index (κ1) is 16.4. The van der Waals surface area contributed by atoms with Crippen LogP contribution in [0.4, 0.5) is 0 Å². The van der Waals surface area contributed by atoms with Crippen LogP contribution in [0, 0.1) is 5.92 Å². The van der Waals surface area contributed by atoms with E-state index in [-0.39, 0.29) is 18.1 Å². The van der Waals surface area contributed by atoms with Gasteiger partial charge >= 0.3 is 0 Å². The topological polar surface area (TPSA) is 63.5 Å². The maximum Gasteiger partial charge on any atom is 0.236 e. The molecule has 1 amide bonds. The molecule has 3 atom stereocenters. The maximum absolute atomic E-state index is 12.6. The Bertz CT molecular complexity index is 497. The average Bonchev–Trinajstić information content (AvgIpc) is 2.99. The zero-order valence-corrected chi connectivity index (χ0v) is 14.1.